The summed E-state index contributed by atoms with van der Waals surface area (Å²) in [6, 6.07) is 4.77. The Labute approximate surface area is 212 Å². The largest absolute Gasteiger partial charge is 0.368 e. The lowest BCUT2D eigenvalue weighted by molar-refractivity contribution is -0.123. The molecule has 186 valence electrons. The van der Waals surface area contributed by atoms with Gasteiger partial charge in [-0.15, -0.1) is 11.3 Å². The molecule has 10 heteroatoms. The Hall–Kier alpha value is -2.91. The molecular weight excluding hydrogens is 489 g/mol. The Morgan fingerprint density at radius 2 is 1.94 bits per heavy atom. The fourth-order valence-electron chi connectivity index (χ4n) is 4.22. The number of benzene rings is 1. The fourth-order valence-corrected chi connectivity index (χ4v) is 5.53. The van der Waals surface area contributed by atoms with Crippen molar-refractivity contribution < 1.29 is 9.18 Å². The molecule has 3 heterocycles. The Morgan fingerprint density at radius 3 is 2.57 bits per heavy atom. The summed E-state index contributed by atoms with van der Waals surface area (Å²) >= 11 is 7.39. The van der Waals surface area contributed by atoms with Crippen LogP contribution in [0.3, 0.4) is 0 Å². The minimum Gasteiger partial charge on any atom is -0.368 e. The lowest BCUT2D eigenvalue weighted by Crippen LogP contribution is -2.45. The second-order valence-electron chi connectivity index (χ2n) is 9.73. The maximum absolute atomic E-state index is 13.5. The zero-order valence-corrected chi connectivity index (χ0v) is 21.9. The van der Waals surface area contributed by atoms with Gasteiger partial charge in [-0.25, -0.2) is 9.37 Å². The summed E-state index contributed by atoms with van der Waals surface area (Å²) in [6.45, 7) is 14.7. The maximum atomic E-state index is 13.5. The topological polar surface area (TPSA) is 70.5 Å². The first-order chi connectivity index (χ1) is 16.4. The second kappa shape index (κ2) is 9.62. The first kappa shape index (κ1) is 25.2. The molecule has 3 aromatic rings. The summed E-state index contributed by atoms with van der Waals surface area (Å²) < 4.78 is 14.9. The first-order valence-corrected chi connectivity index (χ1v) is 12.6. The van der Waals surface area contributed by atoms with Crippen molar-refractivity contribution in [2.24, 2.45) is 0 Å². The van der Waals surface area contributed by atoms with Crippen LogP contribution in [0.5, 0.6) is 0 Å². The number of fused-ring (bicyclic) bond motifs is 1. The number of aromatic nitrogens is 2. The van der Waals surface area contributed by atoms with Crippen molar-refractivity contribution in [2.45, 2.75) is 39.8 Å². The highest BCUT2D eigenvalue weighted by Crippen LogP contribution is 2.34. The number of carbonyl (C=O) groups is 1. The van der Waals surface area contributed by atoms with E-state index in [1.807, 2.05) is 27.7 Å². The molecule has 0 radical (unpaired) electrons. The molecule has 35 heavy (non-hydrogen) atoms. The third-order valence-corrected chi connectivity index (χ3v) is 7.48. The Morgan fingerprint density at radius 1 is 1.26 bits per heavy atom. The van der Waals surface area contributed by atoms with Crippen molar-refractivity contribution in [3.05, 3.63) is 62.7 Å². The number of hydrogen-bond acceptors (Lipinski definition) is 6. The van der Waals surface area contributed by atoms with E-state index in [4.69, 9.17) is 11.6 Å². The van der Waals surface area contributed by atoms with Crippen LogP contribution in [0.15, 0.2) is 35.9 Å². The van der Waals surface area contributed by atoms with Gasteiger partial charge in [-0.1, -0.05) is 18.2 Å². The van der Waals surface area contributed by atoms with Gasteiger partial charge in [0.05, 0.1) is 21.6 Å². The van der Waals surface area contributed by atoms with Gasteiger partial charge in [0.25, 0.3) is 5.56 Å². The summed E-state index contributed by atoms with van der Waals surface area (Å²) in [6.07, 6.45) is 1.43. The van der Waals surface area contributed by atoms with Crippen LogP contribution in [-0.2, 0) is 11.3 Å². The second-order valence-corrected chi connectivity index (χ2v) is 11.1. The fraction of sp³-hybridized carbons (Fsp3) is 0.400. The quantitative estimate of drug-likeness (QED) is 0.547. The summed E-state index contributed by atoms with van der Waals surface area (Å²) in [5, 5.41) is 3.51. The van der Waals surface area contributed by atoms with E-state index in [1.165, 1.54) is 28.3 Å². The van der Waals surface area contributed by atoms with Crippen LogP contribution in [0.1, 0.15) is 31.2 Å². The Kier molecular flexibility index (Phi) is 6.92. The van der Waals surface area contributed by atoms with E-state index in [9.17, 15) is 14.0 Å². The van der Waals surface area contributed by atoms with Gasteiger partial charge in [0, 0.05) is 43.1 Å². The minimum absolute atomic E-state index is 0.0834. The van der Waals surface area contributed by atoms with Crippen LogP contribution in [-0.4, -0.2) is 52.1 Å². The molecule has 0 spiro atoms. The summed E-state index contributed by atoms with van der Waals surface area (Å²) in [5.74, 6) is -0.663. The van der Waals surface area contributed by atoms with Gasteiger partial charge in [0.1, 0.15) is 17.2 Å². The highest BCUT2D eigenvalue weighted by molar-refractivity contribution is 7.19. The standard InChI is InChI=1S/C25H29ClFN5O2S/c1-15-21-23(28-14-32(24(21)34)13-20(33)29-25(3,4)5)35-22(15)16(2)30-8-10-31(11-9-30)17-6-7-19(27)18(26)12-17/h6-7,12,14H,2,8-11,13H2,1,3-5H3,(H,29,33). The number of anilines is 1. The van der Waals surface area contributed by atoms with E-state index >= 15 is 0 Å². The molecule has 0 bridgehead atoms. The zero-order valence-electron chi connectivity index (χ0n) is 20.3. The first-order valence-electron chi connectivity index (χ1n) is 11.4. The molecule has 7 nitrogen and oxygen atoms in total. The summed E-state index contributed by atoms with van der Waals surface area (Å²) in [5.41, 5.74) is 1.95. The molecule has 4 rings (SSSR count). The van der Waals surface area contributed by atoms with E-state index in [0.717, 1.165) is 48.0 Å². The molecular formula is C25H29ClFN5O2S. The predicted molar refractivity (Wildman–Crippen MR) is 141 cm³/mol. The molecule has 0 saturated carbocycles. The van der Waals surface area contributed by atoms with Gasteiger partial charge in [0.15, 0.2) is 0 Å². The van der Waals surface area contributed by atoms with Crippen LogP contribution in [0, 0.1) is 12.7 Å². The van der Waals surface area contributed by atoms with Gasteiger partial charge >= 0.3 is 0 Å². The average Bonchev–Trinajstić information content (AvgIpc) is 3.13. The molecule has 1 aliphatic heterocycles. The lowest BCUT2D eigenvalue weighted by atomic mass is 10.1. The van der Waals surface area contributed by atoms with Crippen molar-refractivity contribution in [1.29, 1.82) is 0 Å². The van der Waals surface area contributed by atoms with Gasteiger partial charge in [-0.2, -0.15) is 0 Å². The summed E-state index contributed by atoms with van der Waals surface area (Å²) in [7, 11) is 0. The number of piperazine rings is 1. The molecule has 1 fully saturated rings. The monoisotopic (exact) mass is 517 g/mol. The van der Waals surface area contributed by atoms with Crippen LogP contribution in [0.25, 0.3) is 15.9 Å². The predicted octanol–water partition coefficient (Wildman–Crippen LogP) is 4.27. The van der Waals surface area contributed by atoms with Gasteiger partial charge in [-0.05, 0) is 51.5 Å². The molecule has 2 aromatic heterocycles. The van der Waals surface area contributed by atoms with Gasteiger partial charge < -0.3 is 15.1 Å². The van der Waals surface area contributed by atoms with Crippen LogP contribution >= 0.6 is 22.9 Å². The minimum atomic E-state index is -0.426. The number of nitrogens with one attached hydrogen (secondary N) is 1. The normalized spacial score (nSPS) is 14.5. The number of halogens is 2. The number of aryl methyl sites for hydroxylation is 1. The average molecular weight is 518 g/mol. The van der Waals surface area contributed by atoms with E-state index in [1.54, 1.807) is 12.1 Å². The Balaban J connectivity index is 1.51. The number of thiophene rings is 1. The lowest BCUT2D eigenvalue weighted by Gasteiger charge is -2.38. The van der Waals surface area contributed by atoms with Crippen molar-refractivity contribution in [1.82, 2.24) is 19.8 Å². The van der Waals surface area contributed by atoms with E-state index in [0.29, 0.717) is 10.2 Å². The number of carbonyl (C=O) groups excluding carboxylic acids is 1. The number of rotatable bonds is 5. The van der Waals surface area contributed by atoms with Crippen molar-refractivity contribution in [3.63, 3.8) is 0 Å². The van der Waals surface area contributed by atoms with Crippen LogP contribution in [0.4, 0.5) is 10.1 Å². The highest BCUT2D eigenvalue weighted by atomic mass is 35.5. The van der Waals surface area contributed by atoms with E-state index in [-0.39, 0.29) is 28.6 Å². The van der Waals surface area contributed by atoms with Crippen LogP contribution in [0.2, 0.25) is 5.02 Å². The molecule has 0 unspecified atom stereocenters. The van der Waals surface area contributed by atoms with E-state index < -0.39 is 5.82 Å². The molecule has 1 amide bonds. The maximum Gasteiger partial charge on any atom is 0.262 e. The SMILES string of the molecule is C=C(c1sc2ncn(CC(=O)NC(C)(C)C)c(=O)c2c1C)N1CCN(c2ccc(F)c(Cl)c2)CC1. The third-order valence-electron chi connectivity index (χ3n) is 5.94. The smallest absolute Gasteiger partial charge is 0.262 e. The van der Waals surface area contributed by atoms with Gasteiger partial charge in [0.2, 0.25) is 5.91 Å². The van der Waals surface area contributed by atoms with Crippen molar-refractivity contribution in [3.8, 4) is 0 Å². The molecule has 1 aromatic carbocycles. The van der Waals surface area contributed by atoms with Gasteiger partial charge in [-0.3, -0.25) is 14.2 Å². The molecule has 1 saturated heterocycles. The van der Waals surface area contributed by atoms with E-state index in [2.05, 4.69) is 26.7 Å². The number of nitrogens with zero attached hydrogens (tertiary/aromatic N) is 4. The third kappa shape index (κ3) is 5.36. The molecule has 1 aliphatic rings. The zero-order chi connectivity index (χ0) is 25.5. The Bertz CT molecular complexity index is 1350. The highest BCUT2D eigenvalue weighted by Gasteiger charge is 2.24. The van der Waals surface area contributed by atoms with Crippen molar-refractivity contribution >= 4 is 50.4 Å². The molecule has 0 atom stereocenters. The summed E-state index contributed by atoms with van der Waals surface area (Å²) in [4.78, 5) is 35.9. The van der Waals surface area contributed by atoms with Crippen molar-refractivity contribution in [2.75, 3.05) is 31.1 Å². The number of hydrogen-bond donors (Lipinski definition) is 1. The molecule has 1 N–H and O–H groups in total. The molecule has 0 aliphatic carbocycles. The van der Waals surface area contributed by atoms with Crippen LogP contribution < -0.4 is 15.8 Å². The number of amides is 1.